The summed E-state index contributed by atoms with van der Waals surface area (Å²) in [5.41, 5.74) is 1.52. The van der Waals surface area contributed by atoms with Crippen molar-refractivity contribution in [3.05, 3.63) is 45.2 Å². The van der Waals surface area contributed by atoms with E-state index >= 15 is 0 Å². The van der Waals surface area contributed by atoms with Crippen molar-refractivity contribution in [1.29, 1.82) is 0 Å². The first-order valence-electron chi connectivity index (χ1n) is 10.6. The number of carbonyl (C=O) groups excluding carboxylic acids is 2. The third-order valence-corrected chi connectivity index (χ3v) is 7.01. The van der Waals surface area contributed by atoms with Crippen LogP contribution in [0.2, 0.25) is 5.02 Å². The molecule has 0 unspecified atom stereocenters. The first kappa shape index (κ1) is 26.0. The van der Waals surface area contributed by atoms with Gasteiger partial charge in [-0.1, -0.05) is 34.7 Å². The molecule has 0 fully saturated rings. The summed E-state index contributed by atoms with van der Waals surface area (Å²) in [6, 6.07) is 5.54. The normalized spacial score (nSPS) is 10.9. The Morgan fingerprint density at radius 2 is 2.06 bits per heavy atom. The molecule has 0 aliphatic heterocycles. The molecule has 0 aliphatic carbocycles. The molecule has 0 saturated heterocycles. The second kappa shape index (κ2) is 12.2. The molecular weight excluding hydrogens is 498 g/mol. The second-order valence-corrected chi connectivity index (χ2v) is 9.69. The van der Waals surface area contributed by atoms with Crippen LogP contribution >= 0.6 is 34.7 Å². The van der Waals surface area contributed by atoms with E-state index in [1.165, 1.54) is 11.8 Å². The van der Waals surface area contributed by atoms with E-state index < -0.39 is 5.97 Å². The summed E-state index contributed by atoms with van der Waals surface area (Å²) >= 11 is 8.35. The molecule has 1 amide bonds. The maximum Gasteiger partial charge on any atom is 0.350 e. The van der Waals surface area contributed by atoms with E-state index in [-0.39, 0.29) is 18.3 Å². The molecule has 0 atom stereocenters. The largest absolute Gasteiger partial charge is 0.493 e. The van der Waals surface area contributed by atoms with E-state index in [1.807, 2.05) is 30.7 Å². The van der Waals surface area contributed by atoms with Crippen molar-refractivity contribution in [2.75, 3.05) is 24.3 Å². The highest BCUT2D eigenvalue weighted by Gasteiger charge is 2.18. The van der Waals surface area contributed by atoms with E-state index in [1.54, 1.807) is 19.9 Å². The number of nitrogens with zero attached hydrogens (tertiary/aromatic N) is 4. The van der Waals surface area contributed by atoms with Crippen LogP contribution in [0.25, 0.3) is 0 Å². The minimum absolute atomic E-state index is 0.137. The van der Waals surface area contributed by atoms with E-state index in [4.69, 9.17) is 21.1 Å². The van der Waals surface area contributed by atoms with Gasteiger partial charge >= 0.3 is 5.97 Å². The van der Waals surface area contributed by atoms with Crippen LogP contribution in [0.4, 0.5) is 5.13 Å². The molecule has 9 nitrogen and oxygen atoms in total. The highest BCUT2D eigenvalue weighted by molar-refractivity contribution is 7.99. The number of aryl methyl sites for hydroxylation is 3. The van der Waals surface area contributed by atoms with E-state index in [9.17, 15) is 9.59 Å². The molecule has 0 spiro atoms. The van der Waals surface area contributed by atoms with E-state index in [0.717, 1.165) is 34.9 Å². The molecule has 2 aromatic heterocycles. The van der Waals surface area contributed by atoms with Crippen LogP contribution < -0.4 is 10.1 Å². The van der Waals surface area contributed by atoms with Gasteiger partial charge in [0.15, 0.2) is 10.3 Å². The number of halogens is 1. The van der Waals surface area contributed by atoms with Gasteiger partial charge < -0.3 is 19.4 Å². The zero-order chi connectivity index (χ0) is 24.7. The number of thiazole rings is 1. The van der Waals surface area contributed by atoms with Crippen LogP contribution in [-0.2, 0) is 23.0 Å². The number of ether oxygens (including phenoxy) is 2. The molecule has 2 heterocycles. The SMILES string of the molecule is CCOC(=O)c1sc(NC(=O)CSc2nnc(CCCOc3ccc(Cl)cc3C)n2C)nc1C. The Labute approximate surface area is 211 Å². The number of hydrogen-bond acceptors (Lipinski definition) is 9. The Bertz CT molecular complexity index is 1160. The van der Waals surface area contributed by atoms with Crippen LogP contribution in [-0.4, -0.2) is 50.6 Å². The van der Waals surface area contributed by atoms with Crippen molar-refractivity contribution in [3.8, 4) is 5.75 Å². The molecule has 182 valence electrons. The smallest absolute Gasteiger partial charge is 0.350 e. The number of nitrogens with one attached hydrogen (secondary N) is 1. The van der Waals surface area contributed by atoms with Crippen LogP contribution in [0.15, 0.2) is 23.4 Å². The number of amides is 1. The predicted molar refractivity (Wildman–Crippen MR) is 133 cm³/mol. The third-order valence-electron chi connectivity index (χ3n) is 4.70. The van der Waals surface area contributed by atoms with Crippen molar-refractivity contribution >= 4 is 51.7 Å². The van der Waals surface area contributed by atoms with Gasteiger partial charge in [0.05, 0.1) is 24.7 Å². The Kier molecular flexibility index (Phi) is 9.31. The number of anilines is 1. The van der Waals surface area contributed by atoms with E-state index in [0.29, 0.717) is 38.9 Å². The highest BCUT2D eigenvalue weighted by Crippen LogP contribution is 2.25. The van der Waals surface area contributed by atoms with Gasteiger partial charge in [0.1, 0.15) is 16.5 Å². The lowest BCUT2D eigenvalue weighted by atomic mass is 10.2. The number of rotatable bonds is 11. The van der Waals surface area contributed by atoms with E-state index in [2.05, 4.69) is 20.5 Å². The summed E-state index contributed by atoms with van der Waals surface area (Å²) in [5, 5.41) is 12.8. The lowest BCUT2D eigenvalue weighted by Crippen LogP contribution is -2.14. The van der Waals surface area contributed by atoms with Crippen molar-refractivity contribution in [1.82, 2.24) is 19.7 Å². The molecule has 0 bridgehead atoms. The summed E-state index contributed by atoms with van der Waals surface area (Å²) in [6.07, 6.45) is 1.46. The second-order valence-electron chi connectivity index (χ2n) is 7.31. The summed E-state index contributed by atoms with van der Waals surface area (Å²) < 4.78 is 12.7. The van der Waals surface area contributed by atoms with Gasteiger partial charge in [-0.15, -0.1) is 10.2 Å². The fourth-order valence-electron chi connectivity index (χ4n) is 3.00. The minimum Gasteiger partial charge on any atom is -0.493 e. The van der Waals surface area contributed by atoms with Crippen LogP contribution in [0.1, 0.15) is 40.1 Å². The first-order valence-corrected chi connectivity index (χ1v) is 12.8. The minimum atomic E-state index is -0.437. The third kappa shape index (κ3) is 6.94. The van der Waals surface area contributed by atoms with Gasteiger partial charge in [0.2, 0.25) is 5.91 Å². The molecule has 0 aliphatic rings. The van der Waals surface area contributed by atoms with Gasteiger partial charge in [-0.3, -0.25) is 4.79 Å². The molecule has 12 heteroatoms. The maximum atomic E-state index is 12.4. The fourth-order valence-corrected chi connectivity index (χ4v) is 4.83. The summed E-state index contributed by atoms with van der Waals surface area (Å²) in [6.45, 7) is 6.22. The molecule has 0 radical (unpaired) electrons. The lowest BCUT2D eigenvalue weighted by molar-refractivity contribution is -0.113. The predicted octanol–water partition coefficient (Wildman–Crippen LogP) is 4.46. The van der Waals surface area contributed by atoms with Gasteiger partial charge in [-0.05, 0) is 51.0 Å². The number of esters is 1. The van der Waals surface area contributed by atoms with Gasteiger partial charge in [0.25, 0.3) is 0 Å². The Morgan fingerprint density at radius 3 is 2.79 bits per heavy atom. The fraction of sp³-hybridized carbons (Fsp3) is 0.409. The first-order chi connectivity index (χ1) is 16.3. The topological polar surface area (TPSA) is 108 Å². The number of aromatic nitrogens is 4. The quantitative estimate of drug-likeness (QED) is 0.223. The Hall–Kier alpha value is -2.63. The molecule has 3 aromatic rings. The van der Waals surface area contributed by atoms with Crippen molar-refractivity contribution in [2.24, 2.45) is 7.05 Å². The standard InChI is InChI=1S/C22H26ClN5O4S2/c1-5-31-20(30)19-14(3)24-21(34-19)25-18(29)12-33-22-27-26-17(28(22)4)7-6-10-32-16-9-8-15(23)11-13(16)2/h8-9,11H,5-7,10,12H2,1-4H3,(H,24,25,29). The monoisotopic (exact) mass is 523 g/mol. The van der Waals surface area contributed by atoms with Crippen molar-refractivity contribution in [3.63, 3.8) is 0 Å². The average molecular weight is 524 g/mol. The van der Waals surface area contributed by atoms with Crippen molar-refractivity contribution in [2.45, 2.75) is 38.8 Å². The summed E-state index contributed by atoms with van der Waals surface area (Å²) in [5.74, 6) is 1.08. The van der Waals surface area contributed by atoms with Crippen LogP contribution in [0, 0.1) is 13.8 Å². The number of carbonyl (C=O) groups is 2. The van der Waals surface area contributed by atoms with Gasteiger partial charge in [0, 0.05) is 18.5 Å². The zero-order valence-corrected chi connectivity index (χ0v) is 21.8. The number of benzene rings is 1. The number of thioether (sulfide) groups is 1. The Morgan fingerprint density at radius 1 is 1.26 bits per heavy atom. The zero-order valence-electron chi connectivity index (χ0n) is 19.4. The molecule has 0 saturated carbocycles. The average Bonchev–Trinajstić information content (AvgIpc) is 3.33. The highest BCUT2D eigenvalue weighted by atomic mass is 35.5. The molecular formula is C22H26ClN5O4S2. The van der Waals surface area contributed by atoms with Crippen LogP contribution in [0.3, 0.4) is 0 Å². The molecule has 34 heavy (non-hydrogen) atoms. The lowest BCUT2D eigenvalue weighted by Gasteiger charge is -2.09. The summed E-state index contributed by atoms with van der Waals surface area (Å²) in [4.78, 5) is 28.9. The summed E-state index contributed by atoms with van der Waals surface area (Å²) in [7, 11) is 1.87. The number of hydrogen-bond donors (Lipinski definition) is 1. The van der Waals surface area contributed by atoms with Crippen molar-refractivity contribution < 1.29 is 19.1 Å². The van der Waals surface area contributed by atoms with Gasteiger partial charge in [-0.2, -0.15) is 0 Å². The molecule has 1 N–H and O–H groups in total. The molecule has 3 rings (SSSR count). The van der Waals surface area contributed by atoms with Crippen LogP contribution in [0.5, 0.6) is 5.75 Å². The Balaban J connectivity index is 1.45. The van der Waals surface area contributed by atoms with Gasteiger partial charge in [-0.25, -0.2) is 9.78 Å². The molecule has 1 aromatic carbocycles. The maximum absolute atomic E-state index is 12.4.